The molecule has 6 atom stereocenters. The highest BCUT2D eigenvalue weighted by Gasteiger charge is 2.60. The predicted molar refractivity (Wildman–Crippen MR) is 81.4 cm³/mol. The lowest BCUT2D eigenvalue weighted by Crippen LogP contribution is -2.55. The quantitative estimate of drug-likeness (QED) is 0.608. The van der Waals surface area contributed by atoms with Crippen molar-refractivity contribution in [3.05, 3.63) is 0 Å². The first-order valence-corrected chi connectivity index (χ1v) is 9.07. The normalized spacial score (nSPS) is 55.0. The maximum atomic E-state index is 13.0. The summed E-state index contributed by atoms with van der Waals surface area (Å²) in [5.74, 6) is 3.54. The molecule has 0 aromatic rings. The third-order valence-electron chi connectivity index (χ3n) is 8.04. The summed E-state index contributed by atoms with van der Waals surface area (Å²) in [6, 6.07) is 0. The largest absolute Gasteiger partial charge is 0.299 e. The van der Waals surface area contributed by atoms with E-state index in [-0.39, 0.29) is 0 Å². The van der Waals surface area contributed by atoms with E-state index in [1.165, 1.54) is 57.8 Å². The summed E-state index contributed by atoms with van der Waals surface area (Å²) in [6.45, 7) is 4.91. The van der Waals surface area contributed by atoms with Crippen molar-refractivity contribution in [3.63, 3.8) is 0 Å². The van der Waals surface area contributed by atoms with Crippen molar-refractivity contribution in [3.8, 4) is 0 Å². The van der Waals surface area contributed by atoms with E-state index < -0.39 is 0 Å². The summed E-state index contributed by atoms with van der Waals surface area (Å²) in [6.07, 6.45) is 13.3. The summed E-state index contributed by atoms with van der Waals surface area (Å²) in [4.78, 5) is 13.0. The van der Waals surface area contributed by atoms with Crippen LogP contribution in [0.1, 0.15) is 78.1 Å². The number of carbonyl (C=O) groups excluding carboxylic acids is 1. The maximum absolute atomic E-state index is 13.0. The molecule has 112 valence electrons. The smallest absolute Gasteiger partial charge is 0.137 e. The molecule has 0 aromatic carbocycles. The second kappa shape index (κ2) is 4.34. The van der Waals surface area contributed by atoms with E-state index in [1.807, 2.05) is 0 Å². The summed E-state index contributed by atoms with van der Waals surface area (Å²) in [5.41, 5.74) is 0.734. The van der Waals surface area contributed by atoms with Gasteiger partial charge in [0.05, 0.1) is 0 Å². The molecule has 4 aliphatic carbocycles. The molecule has 4 saturated carbocycles. The van der Waals surface area contributed by atoms with E-state index in [1.54, 1.807) is 0 Å². The fraction of sp³-hybridized carbons (Fsp3) is 0.947. The number of fused-ring (bicyclic) bond motifs is 5. The summed E-state index contributed by atoms with van der Waals surface area (Å²) in [7, 11) is 0. The second-order valence-corrected chi connectivity index (χ2v) is 8.96. The van der Waals surface area contributed by atoms with Gasteiger partial charge in [-0.2, -0.15) is 0 Å². The Morgan fingerprint density at radius 3 is 2.65 bits per heavy atom. The monoisotopic (exact) mass is 274 g/mol. The van der Waals surface area contributed by atoms with Gasteiger partial charge in [-0.3, -0.25) is 4.79 Å². The number of ketones is 1. The van der Waals surface area contributed by atoms with Gasteiger partial charge >= 0.3 is 0 Å². The lowest BCUT2D eigenvalue weighted by molar-refractivity contribution is -0.155. The number of hydrogen-bond donors (Lipinski definition) is 0. The molecule has 0 amide bonds. The van der Waals surface area contributed by atoms with Gasteiger partial charge in [0.2, 0.25) is 0 Å². The highest BCUT2D eigenvalue weighted by atomic mass is 16.1. The van der Waals surface area contributed by atoms with Crippen LogP contribution in [0.25, 0.3) is 0 Å². The van der Waals surface area contributed by atoms with E-state index in [9.17, 15) is 4.79 Å². The van der Waals surface area contributed by atoms with Crippen LogP contribution in [0.5, 0.6) is 0 Å². The Bertz CT molecular complexity index is 427. The van der Waals surface area contributed by atoms with Crippen molar-refractivity contribution in [2.75, 3.05) is 0 Å². The lowest BCUT2D eigenvalue weighted by Gasteiger charge is -2.58. The van der Waals surface area contributed by atoms with Crippen LogP contribution in [0.3, 0.4) is 0 Å². The van der Waals surface area contributed by atoms with Gasteiger partial charge in [-0.15, -0.1) is 0 Å². The summed E-state index contributed by atoms with van der Waals surface area (Å²) in [5, 5.41) is 0. The molecule has 0 N–H and O–H groups in total. The topological polar surface area (TPSA) is 17.1 Å². The van der Waals surface area contributed by atoms with Crippen LogP contribution in [0.4, 0.5) is 0 Å². The van der Waals surface area contributed by atoms with Gasteiger partial charge in [-0.25, -0.2) is 0 Å². The van der Waals surface area contributed by atoms with Gasteiger partial charge < -0.3 is 0 Å². The second-order valence-electron chi connectivity index (χ2n) is 8.96. The molecule has 4 rings (SSSR count). The first-order chi connectivity index (χ1) is 9.55. The summed E-state index contributed by atoms with van der Waals surface area (Å²) < 4.78 is 0. The van der Waals surface area contributed by atoms with E-state index in [2.05, 4.69) is 13.8 Å². The average molecular weight is 274 g/mol. The maximum Gasteiger partial charge on any atom is 0.137 e. The van der Waals surface area contributed by atoms with Crippen molar-refractivity contribution in [1.82, 2.24) is 0 Å². The number of carbonyl (C=O) groups is 1. The number of hydrogen-bond acceptors (Lipinski definition) is 1. The minimum Gasteiger partial charge on any atom is -0.299 e. The Balaban J connectivity index is 1.71. The molecule has 1 unspecified atom stereocenters. The van der Waals surface area contributed by atoms with Crippen LogP contribution in [0, 0.1) is 34.5 Å². The SMILES string of the molecule is C[C@@]12CCC[C@H]1[C@@H]1CCC3CCCC[C@]3(C)[C@H]1C(=O)C2. The molecule has 0 bridgehead atoms. The van der Waals surface area contributed by atoms with Gasteiger partial charge in [0, 0.05) is 12.3 Å². The summed E-state index contributed by atoms with van der Waals surface area (Å²) >= 11 is 0. The average Bonchev–Trinajstić information content (AvgIpc) is 2.78. The van der Waals surface area contributed by atoms with Crippen molar-refractivity contribution < 1.29 is 4.79 Å². The van der Waals surface area contributed by atoms with E-state index in [4.69, 9.17) is 0 Å². The molecular weight excluding hydrogens is 244 g/mol. The zero-order valence-electron chi connectivity index (χ0n) is 13.3. The van der Waals surface area contributed by atoms with Crippen LogP contribution >= 0.6 is 0 Å². The van der Waals surface area contributed by atoms with Crippen molar-refractivity contribution in [1.29, 1.82) is 0 Å². The Morgan fingerprint density at radius 1 is 0.950 bits per heavy atom. The Morgan fingerprint density at radius 2 is 1.80 bits per heavy atom. The van der Waals surface area contributed by atoms with E-state index >= 15 is 0 Å². The first-order valence-electron chi connectivity index (χ1n) is 9.07. The highest BCUT2D eigenvalue weighted by molar-refractivity contribution is 5.84. The van der Waals surface area contributed by atoms with Crippen molar-refractivity contribution >= 4 is 5.78 Å². The molecule has 4 aliphatic rings. The van der Waals surface area contributed by atoms with Gasteiger partial charge in [-0.1, -0.05) is 33.1 Å². The zero-order chi connectivity index (χ0) is 14.0. The van der Waals surface area contributed by atoms with Crippen LogP contribution in [-0.2, 0) is 4.79 Å². The number of Topliss-reactive ketones (excluding diaryl/α,β-unsaturated/α-hetero) is 1. The molecule has 0 radical (unpaired) electrons. The third-order valence-corrected chi connectivity index (χ3v) is 8.04. The molecule has 1 heteroatoms. The molecule has 0 saturated heterocycles. The van der Waals surface area contributed by atoms with Crippen LogP contribution in [0.15, 0.2) is 0 Å². The number of rotatable bonds is 0. The van der Waals surface area contributed by atoms with Gasteiger partial charge in [0.25, 0.3) is 0 Å². The lowest BCUT2D eigenvalue weighted by atomic mass is 9.45. The van der Waals surface area contributed by atoms with Crippen LogP contribution in [-0.4, -0.2) is 5.78 Å². The third kappa shape index (κ3) is 1.64. The van der Waals surface area contributed by atoms with E-state index in [0.29, 0.717) is 22.5 Å². The Kier molecular flexibility index (Phi) is 2.89. The molecule has 4 fully saturated rings. The minimum absolute atomic E-state index is 0.363. The van der Waals surface area contributed by atoms with Crippen molar-refractivity contribution in [2.24, 2.45) is 34.5 Å². The standard InChI is InChI=1S/C19H30O/c1-18-10-5-7-15(18)14-9-8-13-6-3-4-11-19(13,2)17(14)16(20)12-18/h13-15,17H,3-12H2,1-2H3/t13?,14-,15-,17+,18-,19-/m0/s1. The molecule has 1 nitrogen and oxygen atoms in total. The van der Waals surface area contributed by atoms with Crippen LogP contribution in [0.2, 0.25) is 0 Å². The highest BCUT2D eigenvalue weighted by Crippen LogP contribution is 2.65. The fourth-order valence-electron chi connectivity index (χ4n) is 7.12. The van der Waals surface area contributed by atoms with Gasteiger partial charge in [0.15, 0.2) is 0 Å². The molecular formula is C19H30O. The fourth-order valence-corrected chi connectivity index (χ4v) is 7.12. The zero-order valence-corrected chi connectivity index (χ0v) is 13.3. The van der Waals surface area contributed by atoms with Gasteiger partial charge in [0.1, 0.15) is 5.78 Å². The molecule has 0 spiro atoms. The van der Waals surface area contributed by atoms with Crippen molar-refractivity contribution in [2.45, 2.75) is 78.1 Å². The molecule has 0 heterocycles. The predicted octanol–water partition coefficient (Wildman–Crippen LogP) is 4.99. The molecule has 20 heavy (non-hydrogen) atoms. The Labute approximate surface area is 123 Å². The van der Waals surface area contributed by atoms with Crippen LogP contribution < -0.4 is 0 Å². The molecule has 0 aromatic heterocycles. The van der Waals surface area contributed by atoms with Gasteiger partial charge in [-0.05, 0) is 67.1 Å². The molecule has 0 aliphatic heterocycles. The first kappa shape index (κ1) is 13.3. The minimum atomic E-state index is 0.363. The Hall–Kier alpha value is -0.330. The van der Waals surface area contributed by atoms with E-state index in [0.717, 1.165) is 24.2 Å².